The molecule has 0 bridgehead atoms. The maximum atomic E-state index is 15.3. The highest BCUT2D eigenvalue weighted by Crippen LogP contribution is 2.49. The van der Waals surface area contributed by atoms with Crippen LogP contribution in [0.25, 0.3) is 11.0 Å². The van der Waals surface area contributed by atoms with Crippen LogP contribution in [0.1, 0.15) is 31.0 Å². The first-order chi connectivity index (χ1) is 19.0. The second-order valence-electron chi connectivity index (χ2n) is 10.3. The molecule has 1 aliphatic heterocycles. The maximum Gasteiger partial charge on any atom is 0.416 e. The predicted octanol–water partition coefficient (Wildman–Crippen LogP) is 3.85. The van der Waals surface area contributed by atoms with Crippen LogP contribution in [0.5, 0.6) is 5.88 Å². The lowest BCUT2D eigenvalue weighted by Gasteiger charge is -2.46. The number of amides is 1. The fraction of sp³-hybridized carbons (Fsp3) is 0.444. The van der Waals surface area contributed by atoms with Gasteiger partial charge in [0.1, 0.15) is 34.6 Å². The molecule has 212 valence electrons. The van der Waals surface area contributed by atoms with Gasteiger partial charge in [0.15, 0.2) is 6.10 Å². The highest BCUT2D eigenvalue weighted by Gasteiger charge is 2.47. The number of anilines is 1. The molecule has 2 fully saturated rings. The molecule has 1 saturated carbocycles. The van der Waals surface area contributed by atoms with Gasteiger partial charge in [-0.25, -0.2) is 14.2 Å². The van der Waals surface area contributed by atoms with Gasteiger partial charge in [0.25, 0.3) is 0 Å². The Bertz CT molecular complexity index is 1460. The number of halogens is 4. The molecular formula is C27H27F4N5O4. The van der Waals surface area contributed by atoms with Crippen LogP contribution in [0.4, 0.5) is 23.2 Å². The van der Waals surface area contributed by atoms with E-state index in [-0.39, 0.29) is 42.7 Å². The number of fused-ring (bicyclic) bond motifs is 1. The van der Waals surface area contributed by atoms with Crippen molar-refractivity contribution in [3.05, 3.63) is 53.1 Å². The molecule has 3 heterocycles. The van der Waals surface area contributed by atoms with Crippen LogP contribution in [-0.4, -0.2) is 77.1 Å². The van der Waals surface area contributed by atoms with Gasteiger partial charge in [-0.05, 0) is 38.0 Å². The van der Waals surface area contributed by atoms with Gasteiger partial charge < -0.3 is 19.3 Å². The average Bonchev–Trinajstić information content (AvgIpc) is 3.28. The van der Waals surface area contributed by atoms with Gasteiger partial charge in [-0.15, -0.1) is 0 Å². The van der Waals surface area contributed by atoms with Crippen LogP contribution in [0.2, 0.25) is 0 Å². The summed E-state index contributed by atoms with van der Waals surface area (Å²) in [5, 5.41) is 7.01. The second-order valence-corrected chi connectivity index (χ2v) is 10.3. The number of carbonyl (C=O) groups excluding carboxylic acids is 2. The first-order valence-corrected chi connectivity index (χ1v) is 12.7. The number of nitrogens with one attached hydrogen (secondary N) is 1. The zero-order valence-corrected chi connectivity index (χ0v) is 21.8. The van der Waals surface area contributed by atoms with E-state index in [1.54, 1.807) is 24.1 Å². The molecule has 1 atom stereocenters. The number of hydrogen-bond acceptors (Lipinski definition) is 7. The third kappa shape index (κ3) is 5.26. The number of rotatable bonds is 8. The summed E-state index contributed by atoms with van der Waals surface area (Å²) in [4.78, 5) is 30.8. The molecule has 1 saturated heterocycles. The van der Waals surface area contributed by atoms with E-state index in [2.05, 4.69) is 15.2 Å². The van der Waals surface area contributed by atoms with Gasteiger partial charge in [0, 0.05) is 23.6 Å². The third-order valence-corrected chi connectivity index (χ3v) is 7.47. The Morgan fingerprint density at radius 1 is 1.32 bits per heavy atom. The standard InChI is InChI=1S/C27H27F4N5O4/c1-16-25-20(34-33-16)6-7-23(32-25)40-18-10-26(2,11-18)24-19(28)4-3-5-21(24)36(15-38)12-17(14-37)35-8-9-39-22(13-35)27(29,30)31/h3-7,15,18,22H,8-13H2,1-2H3,(H,33,34). The van der Waals surface area contributed by atoms with Crippen molar-refractivity contribution in [3.8, 4) is 5.88 Å². The molecule has 1 unspecified atom stereocenters. The summed E-state index contributed by atoms with van der Waals surface area (Å²) in [5.74, 6) is 1.54. The molecule has 0 spiro atoms. The fourth-order valence-corrected chi connectivity index (χ4v) is 5.45. The van der Waals surface area contributed by atoms with Gasteiger partial charge in [-0.3, -0.25) is 9.89 Å². The molecule has 5 rings (SSSR count). The molecule has 2 aromatic heterocycles. The summed E-state index contributed by atoms with van der Waals surface area (Å²) in [5.41, 5.74) is 1.82. The lowest BCUT2D eigenvalue weighted by atomic mass is 9.63. The van der Waals surface area contributed by atoms with Gasteiger partial charge in [0.2, 0.25) is 12.3 Å². The number of aromatic nitrogens is 3. The Balaban J connectivity index is 1.33. The molecule has 13 heteroatoms. The zero-order valence-electron chi connectivity index (χ0n) is 21.8. The molecule has 40 heavy (non-hydrogen) atoms. The van der Waals surface area contributed by atoms with E-state index in [1.807, 2.05) is 13.8 Å². The van der Waals surface area contributed by atoms with Crippen LogP contribution in [0.3, 0.4) is 0 Å². The van der Waals surface area contributed by atoms with Crippen LogP contribution in [0.15, 0.2) is 36.0 Å². The minimum absolute atomic E-state index is 0.0226. The van der Waals surface area contributed by atoms with Crippen LogP contribution in [-0.2, 0) is 19.7 Å². The first-order valence-electron chi connectivity index (χ1n) is 12.7. The average molecular weight is 562 g/mol. The number of hydrogen-bond donors (Lipinski definition) is 1. The van der Waals surface area contributed by atoms with E-state index in [4.69, 9.17) is 9.47 Å². The molecule has 1 amide bonds. The van der Waals surface area contributed by atoms with Crippen molar-refractivity contribution in [2.24, 2.45) is 0 Å². The predicted molar refractivity (Wildman–Crippen MR) is 136 cm³/mol. The van der Waals surface area contributed by atoms with E-state index in [9.17, 15) is 22.8 Å². The number of pyridine rings is 1. The van der Waals surface area contributed by atoms with Gasteiger partial charge in [-0.2, -0.15) is 18.3 Å². The minimum atomic E-state index is -4.61. The van der Waals surface area contributed by atoms with Crippen LogP contribution in [0, 0.1) is 12.7 Å². The van der Waals surface area contributed by atoms with E-state index >= 15 is 4.39 Å². The van der Waals surface area contributed by atoms with Gasteiger partial charge in [0.05, 0.1) is 31.1 Å². The molecule has 1 N–H and O–H groups in total. The normalized spacial score (nSPS) is 22.9. The van der Waals surface area contributed by atoms with Crippen molar-refractivity contribution < 1.29 is 36.6 Å². The Labute approximate surface area is 226 Å². The number of carbonyl (C=O) groups is 1. The molecule has 1 aliphatic carbocycles. The lowest BCUT2D eigenvalue weighted by molar-refractivity contribution is -0.234. The Kier molecular flexibility index (Phi) is 7.28. The van der Waals surface area contributed by atoms with Crippen molar-refractivity contribution in [1.82, 2.24) is 20.1 Å². The van der Waals surface area contributed by atoms with E-state index in [0.29, 0.717) is 36.2 Å². The van der Waals surface area contributed by atoms with E-state index in [0.717, 1.165) is 10.6 Å². The minimum Gasteiger partial charge on any atom is -0.474 e. The SMILES string of the molecule is Cc1[nH]nc2ccc(OC3CC(C)(c4c(F)cccc4N(C=O)CC(=C=O)N4CCOC(C(F)(F)F)C4)C3)nc12. The third-order valence-electron chi connectivity index (χ3n) is 7.47. The van der Waals surface area contributed by atoms with E-state index < -0.39 is 30.1 Å². The molecule has 9 nitrogen and oxygen atoms in total. The van der Waals surface area contributed by atoms with Crippen molar-refractivity contribution in [2.45, 2.75) is 50.5 Å². The summed E-state index contributed by atoms with van der Waals surface area (Å²) in [6.45, 7) is 2.49. The maximum absolute atomic E-state index is 15.3. The first kappa shape index (κ1) is 27.6. The quantitative estimate of drug-likeness (QED) is 0.253. The highest BCUT2D eigenvalue weighted by atomic mass is 19.4. The number of alkyl halides is 3. The monoisotopic (exact) mass is 561 g/mol. The Hall–Kier alpha value is -3.96. The molecule has 3 aromatic rings. The lowest BCUT2D eigenvalue weighted by Crippen LogP contribution is -2.50. The second kappa shape index (κ2) is 10.5. The largest absolute Gasteiger partial charge is 0.474 e. The zero-order chi connectivity index (χ0) is 28.7. The summed E-state index contributed by atoms with van der Waals surface area (Å²) in [7, 11) is 0. The number of nitrogens with zero attached hydrogens (tertiary/aromatic N) is 4. The van der Waals surface area contributed by atoms with E-state index in [1.165, 1.54) is 17.0 Å². The van der Waals surface area contributed by atoms with Crippen LogP contribution >= 0.6 is 0 Å². The molecule has 2 aliphatic rings. The van der Waals surface area contributed by atoms with Crippen molar-refractivity contribution in [2.75, 3.05) is 31.1 Å². The number of aryl methyl sites for hydroxylation is 1. The van der Waals surface area contributed by atoms with Crippen molar-refractivity contribution in [3.63, 3.8) is 0 Å². The number of aromatic amines is 1. The van der Waals surface area contributed by atoms with Gasteiger partial charge in [-0.1, -0.05) is 13.0 Å². The van der Waals surface area contributed by atoms with Gasteiger partial charge >= 0.3 is 6.18 Å². The van der Waals surface area contributed by atoms with Crippen LogP contribution < -0.4 is 9.64 Å². The topological polar surface area (TPSA) is 101 Å². The summed E-state index contributed by atoms with van der Waals surface area (Å²) >= 11 is 0. The molecule has 1 aromatic carbocycles. The highest BCUT2D eigenvalue weighted by molar-refractivity contribution is 5.80. The smallest absolute Gasteiger partial charge is 0.416 e. The fourth-order valence-electron chi connectivity index (χ4n) is 5.45. The summed E-state index contributed by atoms with van der Waals surface area (Å²) in [6.07, 6.45) is -5.67. The van der Waals surface area contributed by atoms with Crippen molar-refractivity contribution >= 4 is 29.1 Å². The summed E-state index contributed by atoms with van der Waals surface area (Å²) in [6, 6.07) is 7.77. The number of benzene rings is 1. The Morgan fingerprint density at radius 3 is 2.80 bits per heavy atom. The molecule has 0 radical (unpaired) electrons. The number of H-pyrrole nitrogens is 1. The van der Waals surface area contributed by atoms with Crippen molar-refractivity contribution in [1.29, 1.82) is 0 Å². The number of morpholine rings is 1. The molecular weight excluding hydrogens is 534 g/mol. The Morgan fingerprint density at radius 2 is 2.10 bits per heavy atom. The summed E-state index contributed by atoms with van der Waals surface area (Å²) < 4.78 is 65.8. The number of ether oxygens (including phenoxy) is 2.